The van der Waals surface area contributed by atoms with Crippen LogP contribution in [0.3, 0.4) is 0 Å². The number of fused-ring (bicyclic) bond motifs is 2. The number of benzene rings is 1. The second-order valence-electron chi connectivity index (χ2n) is 8.66. The van der Waals surface area contributed by atoms with Crippen molar-refractivity contribution in [1.29, 1.82) is 0 Å². The second-order valence-corrected chi connectivity index (χ2v) is 9.47. The zero-order chi connectivity index (χ0) is 21.5. The van der Waals surface area contributed by atoms with E-state index in [1.807, 2.05) is 13.0 Å². The second kappa shape index (κ2) is 8.31. The number of carbonyl (C=O) groups excluding carboxylic acids is 1. The molecule has 0 fully saturated rings. The van der Waals surface area contributed by atoms with Crippen molar-refractivity contribution in [2.24, 2.45) is 0 Å². The van der Waals surface area contributed by atoms with Crippen molar-refractivity contribution in [3.63, 3.8) is 0 Å². The normalized spacial score (nSPS) is 20.0. The van der Waals surface area contributed by atoms with Gasteiger partial charge in [0.25, 0.3) is 0 Å². The fourth-order valence-electron chi connectivity index (χ4n) is 5.25. The van der Waals surface area contributed by atoms with Gasteiger partial charge in [-0.3, -0.25) is 4.72 Å². The van der Waals surface area contributed by atoms with E-state index in [0.29, 0.717) is 5.09 Å². The Morgan fingerprint density at radius 3 is 2.60 bits per heavy atom. The van der Waals surface area contributed by atoms with E-state index in [1.165, 1.54) is 27.8 Å². The monoisotopic (exact) mass is 428 g/mol. The summed E-state index contributed by atoms with van der Waals surface area (Å²) in [5, 5.41) is 14.3. The molecule has 0 spiro atoms. The number of aryl methyl sites for hydroxylation is 1. The van der Waals surface area contributed by atoms with Gasteiger partial charge < -0.3 is 14.8 Å². The van der Waals surface area contributed by atoms with E-state index >= 15 is 0 Å². The zero-order valence-corrected chi connectivity index (χ0v) is 19.2. The van der Waals surface area contributed by atoms with Gasteiger partial charge in [-0.2, -0.15) is 0 Å². The van der Waals surface area contributed by atoms with Gasteiger partial charge in [0.2, 0.25) is 0 Å². The molecule has 2 aliphatic carbocycles. The molecule has 0 radical (unpaired) electrons. The Labute approximate surface area is 183 Å². The van der Waals surface area contributed by atoms with Crippen molar-refractivity contribution in [3.05, 3.63) is 45.2 Å². The summed E-state index contributed by atoms with van der Waals surface area (Å²) in [6.07, 6.45) is 7.62. The Bertz CT molecular complexity index is 978. The molecule has 1 heterocycles. The average molecular weight is 429 g/mol. The van der Waals surface area contributed by atoms with Gasteiger partial charge in [-0.05, 0) is 92.7 Å². The summed E-state index contributed by atoms with van der Waals surface area (Å²) < 4.78 is 8.74. The van der Waals surface area contributed by atoms with Crippen LogP contribution in [0.1, 0.15) is 79.2 Å². The van der Waals surface area contributed by atoms with Gasteiger partial charge in [0.15, 0.2) is 5.09 Å². The van der Waals surface area contributed by atoms with Gasteiger partial charge in [-0.25, -0.2) is 4.79 Å². The lowest BCUT2D eigenvalue weighted by Crippen LogP contribution is -2.25. The fourth-order valence-corrected chi connectivity index (χ4v) is 5.82. The number of aliphatic hydroxyl groups is 1. The van der Waals surface area contributed by atoms with Crippen molar-refractivity contribution in [1.82, 2.24) is 4.72 Å². The molecule has 30 heavy (non-hydrogen) atoms. The maximum absolute atomic E-state index is 12.8. The maximum Gasteiger partial charge on any atom is 0.329 e. The molecule has 1 aromatic carbocycles. The van der Waals surface area contributed by atoms with Crippen molar-refractivity contribution < 1.29 is 14.3 Å². The third-order valence-corrected chi connectivity index (χ3v) is 7.40. The summed E-state index contributed by atoms with van der Waals surface area (Å²) in [5.74, 6) is 0.827. The van der Waals surface area contributed by atoms with E-state index in [0.717, 1.165) is 80.3 Å². The van der Waals surface area contributed by atoms with Crippen molar-refractivity contribution in [2.45, 2.75) is 89.8 Å². The fraction of sp³-hybridized carbons (Fsp3) is 0.542. The van der Waals surface area contributed by atoms with E-state index in [-0.39, 0.29) is 6.03 Å². The van der Waals surface area contributed by atoms with Crippen LogP contribution >= 0.6 is 11.9 Å². The average Bonchev–Trinajstić information content (AvgIpc) is 3.36. The predicted molar refractivity (Wildman–Crippen MR) is 121 cm³/mol. The number of amides is 2. The molecular weight excluding hydrogens is 396 g/mol. The third kappa shape index (κ3) is 3.76. The van der Waals surface area contributed by atoms with Crippen LogP contribution in [0.5, 0.6) is 0 Å². The first-order valence-corrected chi connectivity index (χ1v) is 11.9. The first-order valence-electron chi connectivity index (χ1n) is 11.1. The van der Waals surface area contributed by atoms with Crippen LogP contribution < -0.4 is 10.0 Å². The van der Waals surface area contributed by atoms with Gasteiger partial charge in [0, 0.05) is 29.6 Å². The summed E-state index contributed by atoms with van der Waals surface area (Å²) in [6.45, 7) is 8.41. The van der Waals surface area contributed by atoms with Crippen LogP contribution in [-0.4, -0.2) is 11.1 Å². The molecule has 2 aromatic rings. The van der Waals surface area contributed by atoms with Crippen molar-refractivity contribution in [3.8, 4) is 0 Å². The molecule has 1 unspecified atom stereocenters. The minimum atomic E-state index is -0.854. The lowest BCUT2D eigenvalue weighted by atomic mass is 9.85. The molecule has 5 nitrogen and oxygen atoms in total. The molecule has 1 aromatic heterocycles. The van der Waals surface area contributed by atoms with Crippen LogP contribution in [0.15, 0.2) is 15.6 Å². The van der Waals surface area contributed by atoms with Gasteiger partial charge >= 0.3 is 6.03 Å². The van der Waals surface area contributed by atoms with E-state index in [9.17, 15) is 9.90 Å². The number of hydrogen-bond acceptors (Lipinski definition) is 4. The molecule has 3 N–H and O–H groups in total. The summed E-state index contributed by atoms with van der Waals surface area (Å²) >= 11 is 1.16. The van der Waals surface area contributed by atoms with Crippen LogP contribution in [0, 0.1) is 6.92 Å². The highest BCUT2D eigenvalue weighted by Gasteiger charge is 2.33. The minimum absolute atomic E-state index is 0.240. The van der Waals surface area contributed by atoms with E-state index in [1.54, 1.807) is 0 Å². The standard InChI is InChI=1S/C24H32N2O3S/c1-5-15-14(3)17-9-7-10-18(17)22(16(15)6-2)25-23(27)26-30-21-13-19-20(29-21)11-8-12-24(19,4)28/h13,28H,5-12H2,1-4H3,(H2,25,26,27). The molecule has 2 aliphatic rings. The predicted octanol–water partition coefficient (Wildman–Crippen LogP) is 5.57. The highest BCUT2D eigenvalue weighted by Crippen LogP contribution is 2.40. The molecule has 0 saturated heterocycles. The Hall–Kier alpha value is -1.92. The number of nitrogens with one attached hydrogen (secondary N) is 2. The summed E-state index contributed by atoms with van der Waals surface area (Å²) in [4.78, 5) is 12.8. The smallest absolute Gasteiger partial charge is 0.329 e. The first kappa shape index (κ1) is 21.3. The molecule has 162 valence electrons. The van der Waals surface area contributed by atoms with Gasteiger partial charge in [0.1, 0.15) is 5.76 Å². The SMILES string of the molecule is CCc1c(C)c2c(c(NC(=O)NSc3cc4c(o3)CCCC4(C)O)c1CC)CCC2. The molecule has 0 bridgehead atoms. The number of rotatable bonds is 5. The Kier molecular flexibility index (Phi) is 5.90. The number of urea groups is 1. The topological polar surface area (TPSA) is 74.5 Å². The Morgan fingerprint density at radius 1 is 1.17 bits per heavy atom. The number of hydrogen-bond donors (Lipinski definition) is 3. The van der Waals surface area contributed by atoms with Gasteiger partial charge in [-0.1, -0.05) is 13.8 Å². The lowest BCUT2D eigenvalue weighted by Gasteiger charge is -2.26. The molecular formula is C24H32N2O3S. The van der Waals surface area contributed by atoms with E-state index in [2.05, 4.69) is 30.8 Å². The maximum atomic E-state index is 12.8. The van der Waals surface area contributed by atoms with Gasteiger partial charge in [0.05, 0.1) is 5.60 Å². The van der Waals surface area contributed by atoms with E-state index < -0.39 is 5.60 Å². The summed E-state index contributed by atoms with van der Waals surface area (Å²) in [7, 11) is 0. The quantitative estimate of drug-likeness (QED) is 0.544. The van der Waals surface area contributed by atoms with Crippen molar-refractivity contribution in [2.75, 3.05) is 5.32 Å². The third-order valence-electron chi connectivity index (χ3n) is 6.71. The van der Waals surface area contributed by atoms with Crippen LogP contribution in [-0.2, 0) is 37.7 Å². The number of carbonyl (C=O) groups is 1. The highest BCUT2D eigenvalue weighted by molar-refractivity contribution is 7.97. The Balaban J connectivity index is 1.52. The molecule has 2 amide bonds. The number of furan rings is 1. The summed E-state index contributed by atoms with van der Waals surface area (Å²) in [6, 6.07) is 1.62. The van der Waals surface area contributed by atoms with Crippen molar-refractivity contribution >= 4 is 23.7 Å². The lowest BCUT2D eigenvalue weighted by molar-refractivity contribution is 0.0362. The number of anilines is 1. The van der Waals surface area contributed by atoms with Crippen LogP contribution in [0.25, 0.3) is 0 Å². The Morgan fingerprint density at radius 2 is 1.90 bits per heavy atom. The van der Waals surface area contributed by atoms with E-state index in [4.69, 9.17) is 4.42 Å². The molecule has 0 saturated carbocycles. The van der Waals surface area contributed by atoms with Gasteiger partial charge in [-0.15, -0.1) is 0 Å². The zero-order valence-electron chi connectivity index (χ0n) is 18.4. The minimum Gasteiger partial charge on any atom is -0.453 e. The first-order chi connectivity index (χ1) is 14.4. The molecule has 4 rings (SSSR count). The molecule has 0 aliphatic heterocycles. The van der Waals surface area contributed by atoms with Crippen LogP contribution in [0.4, 0.5) is 10.5 Å². The molecule has 6 heteroatoms. The van der Waals surface area contributed by atoms with Crippen LogP contribution in [0.2, 0.25) is 0 Å². The summed E-state index contributed by atoms with van der Waals surface area (Å²) in [5.41, 5.74) is 7.78. The molecule has 1 atom stereocenters. The largest absolute Gasteiger partial charge is 0.453 e. The highest BCUT2D eigenvalue weighted by atomic mass is 32.2.